The lowest BCUT2D eigenvalue weighted by Crippen LogP contribution is -1.99. The Balaban J connectivity index is 2.67. The first-order chi connectivity index (χ1) is 4.68. The van der Waals surface area contributed by atoms with Crippen LogP contribution in [-0.2, 0) is 6.54 Å². The van der Waals surface area contributed by atoms with Crippen LogP contribution in [0.3, 0.4) is 0 Å². The Morgan fingerprint density at radius 3 is 3.00 bits per heavy atom. The lowest BCUT2D eigenvalue weighted by molar-refractivity contribution is 0.532. The Labute approximate surface area is 57.9 Å². The van der Waals surface area contributed by atoms with E-state index < -0.39 is 5.83 Å². The predicted molar refractivity (Wildman–Crippen MR) is 36.9 cm³/mol. The summed E-state index contributed by atoms with van der Waals surface area (Å²) in [5, 5.41) is 3.74. The smallest absolute Gasteiger partial charge is 0.145 e. The molecule has 0 aliphatic carbocycles. The van der Waals surface area contributed by atoms with E-state index in [4.69, 9.17) is 5.73 Å². The van der Waals surface area contributed by atoms with E-state index in [1.165, 1.54) is 4.68 Å². The molecule has 0 unspecified atom stereocenters. The zero-order valence-corrected chi connectivity index (χ0v) is 5.42. The van der Waals surface area contributed by atoms with Crippen molar-refractivity contribution in [2.24, 2.45) is 0 Å². The quantitative estimate of drug-likeness (QED) is 0.666. The van der Waals surface area contributed by atoms with Gasteiger partial charge in [-0.3, -0.25) is 4.68 Å². The highest BCUT2D eigenvalue weighted by molar-refractivity contribution is 5.23. The largest absolute Gasteiger partial charge is 0.382 e. The third-order valence-electron chi connectivity index (χ3n) is 0.995. The lowest BCUT2D eigenvalue weighted by Gasteiger charge is -1.94. The highest BCUT2D eigenvalue weighted by Crippen LogP contribution is 2.00. The van der Waals surface area contributed by atoms with Crippen molar-refractivity contribution < 1.29 is 4.39 Å². The van der Waals surface area contributed by atoms with Gasteiger partial charge in [-0.1, -0.05) is 6.58 Å². The molecule has 10 heavy (non-hydrogen) atoms. The highest BCUT2D eigenvalue weighted by Gasteiger charge is 1.94. The molecule has 0 spiro atoms. The van der Waals surface area contributed by atoms with Gasteiger partial charge in [-0.25, -0.2) is 4.39 Å². The van der Waals surface area contributed by atoms with Crippen LogP contribution in [0.2, 0.25) is 0 Å². The summed E-state index contributed by atoms with van der Waals surface area (Å²) in [6.07, 6.45) is 1.60. The number of nitrogen functional groups attached to an aromatic ring is 1. The number of hydrogen-bond acceptors (Lipinski definition) is 2. The van der Waals surface area contributed by atoms with Gasteiger partial charge in [-0.15, -0.1) is 0 Å². The Kier molecular flexibility index (Phi) is 1.71. The summed E-state index contributed by atoms with van der Waals surface area (Å²) in [6.45, 7) is 3.17. The maximum absolute atomic E-state index is 12.1. The predicted octanol–water partition coefficient (Wildman–Crippen LogP) is 0.948. The molecule has 1 rings (SSSR count). The maximum Gasteiger partial charge on any atom is 0.145 e. The summed E-state index contributed by atoms with van der Waals surface area (Å²) in [6, 6.07) is 1.60. The summed E-state index contributed by atoms with van der Waals surface area (Å²) in [7, 11) is 0. The van der Waals surface area contributed by atoms with Crippen molar-refractivity contribution in [1.29, 1.82) is 0 Å². The summed E-state index contributed by atoms with van der Waals surface area (Å²) < 4.78 is 13.5. The molecule has 0 radical (unpaired) electrons. The molecule has 1 aromatic heterocycles. The lowest BCUT2D eigenvalue weighted by atomic mass is 10.6. The molecule has 0 fully saturated rings. The summed E-state index contributed by atoms with van der Waals surface area (Å²) in [5.41, 5.74) is 5.27. The number of aromatic nitrogens is 2. The molecular weight excluding hydrogens is 133 g/mol. The normalized spacial score (nSPS) is 9.70. The number of hydrogen-bond donors (Lipinski definition) is 1. The van der Waals surface area contributed by atoms with Gasteiger partial charge in [0.05, 0.1) is 6.54 Å². The van der Waals surface area contributed by atoms with E-state index in [1.54, 1.807) is 12.3 Å². The zero-order valence-electron chi connectivity index (χ0n) is 5.42. The van der Waals surface area contributed by atoms with Gasteiger partial charge in [-0.2, -0.15) is 5.10 Å². The molecule has 1 heterocycles. The first kappa shape index (κ1) is 6.80. The van der Waals surface area contributed by atoms with E-state index >= 15 is 0 Å². The number of nitrogens with two attached hydrogens (primary N) is 1. The average Bonchev–Trinajstić information content (AvgIpc) is 2.13. The Hall–Kier alpha value is -1.32. The molecule has 0 atom stereocenters. The molecule has 4 heteroatoms. The minimum Gasteiger partial charge on any atom is -0.382 e. The molecule has 2 N–H and O–H groups in total. The van der Waals surface area contributed by atoms with E-state index in [1.807, 2.05) is 0 Å². The van der Waals surface area contributed by atoms with Crippen LogP contribution >= 0.6 is 0 Å². The Morgan fingerprint density at radius 1 is 1.90 bits per heavy atom. The standard InChI is InChI=1S/C6H8FN3/c1-5(7)4-10-3-2-6(8)9-10/h2-3H,1,4H2,(H2,8,9). The van der Waals surface area contributed by atoms with Crippen molar-refractivity contribution in [2.45, 2.75) is 6.54 Å². The second-order valence-electron chi connectivity index (χ2n) is 1.96. The van der Waals surface area contributed by atoms with Crippen LogP contribution in [0.15, 0.2) is 24.7 Å². The molecule has 3 nitrogen and oxygen atoms in total. The molecule has 0 saturated carbocycles. The van der Waals surface area contributed by atoms with Gasteiger partial charge in [0, 0.05) is 6.20 Å². The van der Waals surface area contributed by atoms with Crippen molar-refractivity contribution in [3.63, 3.8) is 0 Å². The SMILES string of the molecule is C=C(F)Cn1ccc(N)n1. The van der Waals surface area contributed by atoms with Crippen LogP contribution in [0.5, 0.6) is 0 Å². The Morgan fingerprint density at radius 2 is 2.60 bits per heavy atom. The molecule has 0 aliphatic rings. The first-order valence-electron chi connectivity index (χ1n) is 2.80. The minimum absolute atomic E-state index is 0.0806. The van der Waals surface area contributed by atoms with E-state index in [2.05, 4.69) is 11.7 Å². The number of halogens is 1. The van der Waals surface area contributed by atoms with Gasteiger partial charge in [0.15, 0.2) is 0 Å². The molecule has 0 aliphatic heterocycles. The molecule has 1 aromatic rings. The number of rotatable bonds is 2. The summed E-state index contributed by atoms with van der Waals surface area (Å²) >= 11 is 0. The van der Waals surface area contributed by atoms with Gasteiger partial charge in [0.2, 0.25) is 0 Å². The fraction of sp³-hybridized carbons (Fsp3) is 0.167. The van der Waals surface area contributed by atoms with Crippen molar-refractivity contribution >= 4 is 5.82 Å². The van der Waals surface area contributed by atoms with Crippen molar-refractivity contribution in [1.82, 2.24) is 9.78 Å². The van der Waals surface area contributed by atoms with Gasteiger partial charge in [0.1, 0.15) is 11.6 Å². The van der Waals surface area contributed by atoms with Crippen molar-refractivity contribution in [2.75, 3.05) is 5.73 Å². The van der Waals surface area contributed by atoms with Crippen LogP contribution in [-0.4, -0.2) is 9.78 Å². The van der Waals surface area contributed by atoms with Crippen molar-refractivity contribution in [3.8, 4) is 0 Å². The fourth-order valence-corrected chi connectivity index (χ4v) is 0.641. The molecule has 0 saturated heterocycles. The van der Waals surface area contributed by atoms with Gasteiger partial charge in [-0.05, 0) is 6.07 Å². The second kappa shape index (κ2) is 2.51. The third-order valence-corrected chi connectivity index (χ3v) is 0.995. The molecule has 0 bridgehead atoms. The van der Waals surface area contributed by atoms with E-state index in [0.717, 1.165) is 0 Å². The third kappa shape index (κ3) is 1.58. The fourth-order valence-electron chi connectivity index (χ4n) is 0.641. The van der Waals surface area contributed by atoms with E-state index in [0.29, 0.717) is 5.82 Å². The van der Waals surface area contributed by atoms with Crippen LogP contribution in [0, 0.1) is 0 Å². The number of nitrogens with zero attached hydrogens (tertiary/aromatic N) is 2. The van der Waals surface area contributed by atoms with Crippen LogP contribution < -0.4 is 5.73 Å². The number of allylic oxidation sites excluding steroid dienone is 1. The monoisotopic (exact) mass is 141 g/mol. The highest BCUT2D eigenvalue weighted by atomic mass is 19.1. The van der Waals surface area contributed by atoms with Crippen LogP contribution in [0.25, 0.3) is 0 Å². The second-order valence-corrected chi connectivity index (χ2v) is 1.96. The van der Waals surface area contributed by atoms with Crippen LogP contribution in [0.1, 0.15) is 0 Å². The average molecular weight is 141 g/mol. The van der Waals surface area contributed by atoms with Crippen LogP contribution in [0.4, 0.5) is 10.2 Å². The summed E-state index contributed by atoms with van der Waals surface area (Å²) in [4.78, 5) is 0. The molecule has 0 amide bonds. The molecule has 54 valence electrons. The van der Waals surface area contributed by atoms with Gasteiger partial charge < -0.3 is 5.73 Å². The minimum atomic E-state index is -0.428. The zero-order chi connectivity index (χ0) is 7.56. The first-order valence-corrected chi connectivity index (χ1v) is 2.80. The Bertz CT molecular complexity index is 241. The van der Waals surface area contributed by atoms with Gasteiger partial charge >= 0.3 is 0 Å². The molecule has 0 aromatic carbocycles. The molecular formula is C6H8FN3. The van der Waals surface area contributed by atoms with Crippen molar-refractivity contribution in [3.05, 3.63) is 24.7 Å². The summed E-state index contributed by atoms with van der Waals surface area (Å²) in [5.74, 6) is -0.0376. The number of anilines is 1. The maximum atomic E-state index is 12.1. The topological polar surface area (TPSA) is 43.8 Å². The van der Waals surface area contributed by atoms with E-state index in [9.17, 15) is 4.39 Å². The van der Waals surface area contributed by atoms with Gasteiger partial charge in [0.25, 0.3) is 0 Å². The van der Waals surface area contributed by atoms with E-state index in [-0.39, 0.29) is 6.54 Å².